The molecule has 1 rings (SSSR count). The van der Waals surface area contributed by atoms with Crippen LogP contribution in [0.1, 0.15) is 18.4 Å². The molecule has 0 aliphatic heterocycles. The van der Waals surface area contributed by atoms with Gasteiger partial charge in [-0.05, 0) is 42.8 Å². The molecule has 0 unspecified atom stereocenters. The van der Waals surface area contributed by atoms with Crippen LogP contribution in [0.4, 0.5) is 0 Å². The molecule has 0 spiro atoms. The molecule has 0 aliphatic rings. The van der Waals surface area contributed by atoms with Crippen molar-refractivity contribution in [1.82, 2.24) is 10.7 Å². The van der Waals surface area contributed by atoms with Crippen LogP contribution in [0.15, 0.2) is 33.8 Å². The number of nitrogens with one attached hydrogen (secondary N) is 2. The summed E-state index contributed by atoms with van der Waals surface area (Å²) in [4.78, 5) is 10.6. The number of benzene rings is 1. The van der Waals surface area contributed by atoms with Crippen LogP contribution in [-0.2, 0) is 4.79 Å². The van der Waals surface area contributed by atoms with Gasteiger partial charge in [0.15, 0.2) is 5.11 Å². The van der Waals surface area contributed by atoms with Gasteiger partial charge in [-0.1, -0.05) is 28.1 Å². The predicted molar refractivity (Wildman–Crippen MR) is 79.7 cm³/mol. The van der Waals surface area contributed by atoms with Gasteiger partial charge in [-0.2, -0.15) is 5.10 Å². The van der Waals surface area contributed by atoms with Crippen molar-refractivity contribution in [2.45, 2.75) is 12.8 Å². The minimum absolute atomic E-state index is 0.0944. The first kappa shape index (κ1) is 15.6. The van der Waals surface area contributed by atoms with Gasteiger partial charge in [0.05, 0.1) is 5.71 Å². The van der Waals surface area contributed by atoms with E-state index in [2.05, 4.69) is 31.8 Å². The Balaban J connectivity index is 2.87. The van der Waals surface area contributed by atoms with Crippen LogP contribution in [-0.4, -0.2) is 23.8 Å². The first-order valence-corrected chi connectivity index (χ1v) is 6.73. The zero-order valence-corrected chi connectivity index (χ0v) is 12.7. The summed E-state index contributed by atoms with van der Waals surface area (Å²) in [5.74, 6) is -1.11. The minimum atomic E-state index is -1.11. The van der Waals surface area contributed by atoms with Gasteiger partial charge in [0, 0.05) is 17.5 Å². The van der Waals surface area contributed by atoms with E-state index in [9.17, 15) is 9.90 Å². The third kappa shape index (κ3) is 5.80. The summed E-state index contributed by atoms with van der Waals surface area (Å²) in [6, 6.07) is 7.42. The quantitative estimate of drug-likeness (QED) is 0.469. The number of halogens is 1. The highest BCUT2D eigenvalue weighted by atomic mass is 79.9. The molecular weight excluding hydrogens is 330 g/mol. The van der Waals surface area contributed by atoms with Gasteiger partial charge in [0.25, 0.3) is 0 Å². The molecule has 0 aromatic heterocycles. The number of carboxylic acid groups (broad SMARTS) is 1. The summed E-state index contributed by atoms with van der Waals surface area (Å²) < 4.78 is 0.939. The lowest BCUT2D eigenvalue weighted by Crippen LogP contribution is -2.30. The van der Waals surface area contributed by atoms with E-state index >= 15 is 0 Å². The number of hydrogen-bond acceptors (Lipinski definition) is 4. The standard InChI is InChI=1S/C12H14BrN3O2S/c1-14-12(19)16-15-10(6-7-11(17)18)8-2-4-9(13)5-3-8/h2-5H,6-7H2,1H3,(H,17,18)(H2,14,16,19)/p-1/b15-10-. The van der Waals surface area contributed by atoms with Crippen molar-refractivity contribution < 1.29 is 9.90 Å². The number of thiocarbonyl (C=S) groups is 1. The number of nitrogens with zero attached hydrogens (tertiary/aromatic N) is 1. The van der Waals surface area contributed by atoms with E-state index in [1.165, 1.54) is 0 Å². The van der Waals surface area contributed by atoms with Crippen molar-refractivity contribution in [3.8, 4) is 0 Å². The second-order valence-corrected chi connectivity index (χ2v) is 4.95. The fraction of sp³-hybridized carbons (Fsp3) is 0.250. The van der Waals surface area contributed by atoms with E-state index < -0.39 is 5.97 Å². The molecule has 0 aliphatic carbocycles. The molecule has 0 saturated carbocycles. The van der Waals surface area contributed by atoms with E-state index in [1.807, 2.05) is 24.3 Å². The number of carboxylic acids is 1. The Labute approximate surface area is 125 Å². The van der Waals surface area contributed by atoms with E-state index in [0.717, 1.165) is 10.0 Å². The van der Waals surface area contributed by atoms with Crippen LogP contribution in [0.5, 0.6) is 0 Å². The highest BCUT2D eigenvalue weighted by Crippen LogP contribution is 2.13. The van der Waals surface area contributed by atoms with Crippen molar-refractivity contribution in [2.75, 3.05) is 7.05 Å². The third-order valence-corrected chi connectivity index (χ3v) is 3.09. The average molecular weight is 343 g/mol. The molecule has 0 amide bonds. The van der Waals surface area contributed by atoms with Crippen LogP contribution < -0.4 is 15.8 Å². The molecule has 1 aromatic carbocycles. The molecule has 2 N–H and O–H groups in total. The summed E-state index contributed by atoms with van der Waals surface area (Å²) >= 11 is 8.25. The number of aliphatic carboxylic acids is 1. The Morgan fingerprint density at radius 3 is 2.53 bits per heavy atom. The Morgan fingerprint density at radius 1 is 1.37 bits per heavy atom. The van der Waals surface area contributed by atoms with E-state index in [0.29, 0.717) is 10.8 Å². The monoisotopic (exact) mass is 342 g/mol. The fourth-order valence-corrected chi connectivity index (χ4v) is 1.61. The maximum atomic E-state index is 10.6. The van der Waals surface area contributed by atoms with Crippen LogP contribution in [0.2, 0.25) is 0 Å². The predicted octanol–water partition coefficient (Wildman–Crippen LogP) is 0.777. The molecule has 5 nitrogen and oxygen atoms in total. The van der Waals surface area contributed by atoms with Gasteiger partial charge in [-0.25, -0.2) is 0 Å². The van der Waals surface area contributed by atoms with Gasteiger partial charge >= 0.3 is 0 Å². The molecule has 0 heterocycles. The topological polar surface area (TPSA) is 76.5 Å². The van der Waals surface area contributed by atoms with Crippen LogP contribution in [0.25, 0.3) is 0 Å². The van der Waals surface area contributed by atoms with Gasteiger partial charge < -0.3 is 15.2 Å². The van der Waals surface area contributed by atoms with Crippen molar-refractivity contribution in [3.05, 3.63) is 34.3 Å². The smallest absolute Gasteiger partial charge is 0.186 e. The Bertz CT molecular complexity index is 488. The van der Waals surface area contributed by atoms with Crippen LogP contribution >= 0.6 is 28.1 Å². The Morgan fingerprint density at radius 2 is 2.00 bits per heavy atom. The van der Waals surface area contributed by atoms with Gasteiger partial charge in [0.2, 0.25) is 0 Å². The minimum Gasteiger partial charge on any atom is -0.550 e. The van der Waals surface area contributed by atoms with Gasteiger partial charge in [-0.15, -0.1) is 0 Å². The summed E-state index contributed by atoms with van der Waals surface area (Å²) in [7, 11) is 1.67. The van der Waals surface area contributed by atoms with E-state index in [4.69, 9.17) is 12.2 Å². The highest BCUT2D eigenvalue weighted by molar-refractivity contribution is 9.10. The van der Waals surface area contributed by atoms with Gasteiger partial charge in [-0.3, -0.25) is 5.43 Å². The van der Waals surface area contributed by atoms with Gasteiger partial charge in [0.1, 0.15) is 0 Å². The maximum Gasteiger partial charge on any atom is 0.186 e. The third-order valence-electron chi connectivity index (χ3n) is 2.26. The molecule has 102 valence electrons. The number of hydrazone groups is 1. The molecule has 0 fully saturated rings. The lowest BCUT2D eigenvalue weighted by atomic mass is 10.1. The molecule has 1 aromatic rings. The first-order chi connectivity index (χ1) is 9.02. The summed E-state index contributed by atoms with van der Waals surface area (Å²) in [5, 5.41) is 17.8. The van der Waals surface area contributed by atoms with Crippen molar-refractivity contribution >= 4 is 44.9 Å². The zero-order chi connectivity index (χ0) is 14.3. The lowest BCUT2D eigenvalue weighted by Gasteiger charge is -2.09. The Kier molecular flexibility index (Phi) is 6.44. The number of carbonyl (C=O) groups is 1. The zero-order valence-electron chi connectivity index (χ0n) is 10.3. The molecule has 7 heteroatoms. The largest absolute Gasteiger partial charge is 0.550 e. The van der Waals surface area contributed by atoms with Crippen molar-refractivity contribution in [1.29, 1.82) is 0 Å². The number of rotatable bonds is 5. The maximum absolute atomic E-state index is 10.6. The molecular formula is C12H13BrN3O2S-. The normalized spacial score (nSPS) is 10.9. The average Bonchev–Trinajstić information content (AvgIpc) is 2.39. The first-order valence-electron chi connectivity index (χ1n) is 5.53. The fourth-order valence-electron chi connectivity index (χ4n) is 1.30. The second-order valence-electron chi connectivity index (χ2n) is 3.63. The van der Waals surface area contributed by atoms with Crippen LogP contribution in [0, 0.1) is 0 Å². The SMILES string of the molecule is CNC(=S)N/N=C(/CCC(=O)[O-])c1ccc(Br)cc1. The molecule has 0 saturated heterocycles. The van der Waals surface area contributed by atoms with Crippen molar-refractivity contribution in [2.24, 2.45) is 5.10 Å². The van der Waals surface area contributed by atoms with E-state index in [-0.39, 0.29) is 12.8 Å². The summed E-state index contributed by atoms with van der Waals surface area (Å²) in [5.41, 5.74) is 4.09. The summed E-state index contributed by atoms with van der Waals surface area (Å²) in [6.07, 6.45) is 0.173. The number of hydrogen-bond donors (Lipinski definition) is 2. The van der Waals surface area contributed by atoms with Crippen molar-refractivity contribution in [3.63, 3.8) is 0 Å². The van der Waals surface area contributed by atoms with Crippen LogP contribution in [0.3, 0.4) is 0 Å². The Hall–Kier alpha value is -1.47. The lowest BCUT2D eigenvalue weighted by molar-refractivity contribution is -0.305. The van der Waals surface area contributed by atoms with E-state index in [1.54, 1.807) is 7.05 Å². The molecule has 0 atom stereocenters. The summed E-state index contributed by atoms with van der Waals surface area (Å²) in [6.45, 7) is 0. The molecule has 19 heavy (non-hydrogen) atoms. The second kappa shape index (κ2) is 7.85. The highest BCUT2D eigenvalue weighted by Gasteiger charge is 2.05. The molecule has 0 bridgehead atoms. The molecule has 0 radical (unpaired) electrons. The number of carbonyl (C=O) groups excluding carboxylic acids is 1.